The number of ether oxygens (including phenoxy) is 1. The molecule has 10 heteroatoms. The van der Waals surface area contributed by atoms with Gasteiger partial charge >= 0.3 is 0 Å². The lowest BCUT2D eigenvalue weighted by atomic mass is 10.1. The van der Waals surface area contributed by atoms with E-state index in [9.17, 15) is 9.18 Å². The van der Waals surface area contributed by atoms with Gasteiger partial charge in [-0.2, -0.15) is 0 Å². The second kappa shape index (κ2) is 10.8. The lowest BCUT2D eigenvalue weighted by Crippen LogP contribution is -2.39. The average molecular weight is 548 g/mol. The molecule has 0 saturated carbocycles. The molecule has 0 radical (unpaired) electrons. The van der Waals surface area contributed by atoms with Gasteiger partial charge in [0.1, 0.15) is 18.8 Å². The maximum Gasteiger partial charge on any atom is 0.249 e. The molecule has 6 rings (SSSR count). The van der Waals surface area contributed by atoms with E-state index in [0.29, 0.717) is 19.0 Å². The SMILES string of the molecule is Cc1ccnc(C(CF)Nc2ccc3c(c2)Sc2cccc(C4CN(c5cc[nH]c(=O)c5)CCO4)c2S3)n1. The van der Waals surface area contributed by atoms with E-state index >= 15 is 0 Å². The average Bonchev–Trinajstić information content (AvgIpc) is 2.94. The van der Waals surface area contributed by atoms with E-state index in [-0.39, 0.29) is 11.7 Å². The van der Waals surface area contributed by atoms with Crippen LogP contribution in [-0.2, 0) is 4.74 Å². The van der Waals surface area contributed by atoms with Crippen LogP contribution in [0, 0.1) is 6.92 Å². The Labute approximate surface area is 228 Å². The fourth-order valence-corrected chi connectivity index (χ4v) is 7.13. The van der Waals surface area contributed by atoms with Crippen molar-refractivity contribution in [1.29, 1.82) is 0 Å². The molecule has 38 heavy (non-hydrogen) atoms. The van der Waals surface area contributed by atoms with Crippen molar-refractivity contribution < 1.29 is 9.13 Å². The van der Waals surface area contributed by atoms with Crippen molar-refractivity contribution in [2.45, 2.75) is 38.7 Å². The summed E-state index contributed by atoms with van der Waals surface area (Å²) < 4.78 is 20.1. The van der Waals surface area contributed by atoms with Crippen LogP contribution < -0.4 is 15.8 Å². The van der Waals surface area contributed by atoms with Crippen LogP contribution in [0.15, 0.2) is 91.4 Å². The number of aromatic nitrogens is 3. The number of H-pyrrole nitrogens is 1. The van der Waals surface area contributed by atoms with Crippen molar-refractivity contribution in [3.05, 3.63) is 94.4 Å². The number of halogens is 1. The van der Waals surface area contributed by atoms with Crippen LogP contribution in [0.3, 0.4) is 0 Å². The highest BCUT2D eigenvalue weighted by atomic mass is 32.2. The Balaban J connectivity index is 1.22. The Bertz CT molecular complexity index is 1530. The first-order valence-electron chi connectivity index (χ1n) is 12.4. The number of aryl methyl sites for hydroxylation is 1. The van der Waals surface area contributed by atoms with Crippen molar-refractivity contribution in [2.24, 2.45) is 0 Å². The smallest absolute Gasteiger partial charge is 0.249 e. The standard InChI is InChI=1S/C28H26FN5O2S2/c1-17-7-9-31-28(32-17)21(15-29)33-18-5-6-23-25(13-18)37-24-4-2-3-20(27(24)38-23)22-16-34(11-12-36-22)19-8-10-30-26(35)14-19/h2-10,13-14,21-22,33H,11-12,15-16H2,1H3,(H,30,35). The molecule has 194 valence electrons. The lowest BCUT2D eigenvalue weighted by Gasteiger charge is -2.36. The topological polar surface area (TPSA) is 83.1 Å². The van der Waals surface area contributed by atoms with Gasteiger partial charge in [-0.05, 0) is 48.9 Å². The Morgan fingerprint density at radius 3 is 2.92 bits per heavy atom. The molecule has 1 fully saturated rings. The van der Waals surface area contributed by atoms with Crippen LogP contribution >= 0.6 is 23.5 Å². The van der Waals surface area contributed by atoms with Crippen LogP contribution in [0.1, 0.15) is 29.2 Å². The first-order valence-corrected chi connectivity index (χ1v) is 14.0. The highest BCUT2D eigenvalue weighted by Gasteiger charge is 2.28. The molecule has 2 N–H and O–H groups in total. The van der Waals surface area contributed by atoms with Gasteiger partial charge in [0.2, 0.25) is 5.56 Å². The highest BCUT2D eigenvalue weighted by Crippen LogP contribution is 2.52. The molecule has 1 saturated heterocycles. The second-order valence-electron chi connectivity index (χ2n) is 9.16. The quantitative estimate of drug-likeness (QED) is 0.276. The molecule has 2 atom stereocenters. The number of fused-ring (bicyclic) bond motifs is 2. The molecule has 2 aliphatic heterocycles. The van der Waals surface area contributed by atoms with Crippen molar-refractivity contribution in [3.8, 4) is 0 Å². The number of aromatic amines is 1. The first kappa shape index (κ1) is 25.0. The van der Waals surface area contributed by atoms with Crippen LogP contribution in [-0.4, -0.2) is 41.3 Å². The van der Waals surface area contributed by atoms with Crippen molar-refractivity contribution in [3.63, 3.8) is 0 Å². The molecular formula is C28H26FN5O2S2. The number of nitrogens with zero attached hydrogens (tertiary/aromatic N) is 3. The van der Waals surface area contributed by atoms with Gasteiger partial charge in [-0.15, -0.1) is 0 Å². The fraction of sp³-hybridized carbons (Fsp3) is 0.250. The summed E-state index contributed by atoms with van der Waals surface area (Å²) in [6.07, 6.45) is 3.24. The van der Waals surface area contributed by atoms with E-state index < -0.39 is 12.7 Å². The summed E-state index contributed by atoms with van der Waals surface area (Å²) in [6, 6.07) is 17.2. The molecule has 2 unspecified atom stereocenters. The van der Waals surface area contributed by atoms with E-state index in [2.05, 4.69) is 55.5 Å². The third-order valence-corrected chi connectivity index (χ3v) is 9.15. The molecule has 2 aliphatic rings. The predicted octanol–water partition coefficient (Wildman–Crippen LogP) is 5.79. The minimum atomic E-state index is -0.611. The van der Waals surface area contributed by atoms with Crippen LogP contribution in [0.25, 0.3) is 0 Å². The van der Waals surface area contributed by atoms with E-state index in [1.54, 1.807) is 48.1 Å². The monoisotopic (exact) mass is 547 g/mol. The van der Waals surface area contributed by atoms with Gasteiger partial charge in [0.15, 0.2) is 5.82 Å². The Hall–Kier alpha value is -3.34. The van der Waals surface area contributed by atoms with Gasteiger partial charge in [0.05, 0.1) is 6.61 Å². The second-order valence-corrected chi connectivity index (χ2v) is 11.3. The van der Waals surface area contributed by atoms with Gasteiger partial charge in [0.25, 0.3) is 0 Å². The summed E-state index contributed by atoms with van der Waals surface area (Å²) in [6.45, 7) is 3.27. The van der Waals surface area contributed by atoms with Gasteiger partial charge in [0, 0.05) is 68.2 Å². The van der Waals surface area contributed by atoms with E-state index in [0.717, 1.165) is 43.9 Å². The summed E-state index contributed by atoms with van der Waals surface area (Å²) in [5.74, 6) is 0.448. The molecule has 2 aromatic carbocycles. The molecule has 4 heterocycles. The van der Waals surface area contributed by atoms with Gasteiger partial charge in [-0.1, -0.05) is 35.7 Å². The summed E-state index contributed by atoms with van der Waals surface area (Å²) in [5, 5.41) is 3.26. The number of anilines is 2. The first-order chi connectivity index (χ1) is 18.6. The van der Waals surface area contributed by atoms with E-state index in [4.69, 9.17) is 4.74 Å². The molecule has 0 bridgehead atoms. The van der Waals surface area contributed by atoms with Crippen LogP contribution in [0.2, 0.25) is 0 Å². The molecule has 4 aromatic rings. The van der Waals surface area contributed by atoms with Crippen LogP contribution in [0.4, 0.5) is 15.8 Å². The number of nitrogens with one attached hydrogen (secondary N) is 2. The number of morpholine rings is 1. The number of hydrogen-bond donors (Lipinski definition) is 2. The maximum absolute atomic E-state index is 13.9. The summed E-state index contributed by atoms with van der Waals surface area (Å²) in [7, 11) is 0. The normalized spacial score (nSPS) is 17.4. The molecule has 7 nitrogen and oxygen atoms in total. The Morgan fingerprint density at radius 2 is 2.08 bits per heavy atom. The third-order valence-electron chi connectivity index (χ3n) is 6.54. The Morgan fingerprint density at radius 1 is 1.16 bits per heavy atom. The lowest BCUT2D eigenvalue weighted by molar-refractivity contribution is 0.0379. The minimum Gasteiger partial charge on any atom is -0.373 e. The molecular weight excluding hydrogens is 521 g/mol. The molecule has 0 amide bonds. The van der Waals surface area contributed by atoms with E-state index in [1.807, 2.05) is 19.1 Å². The summed E-state index contributed by atoms with van der Waals surface area (Å²) >= 11 is 3.44. The zero-order chi connectivity index (χ0) is 26.1. The minimum absolute atomic E-state index is 0.104. The highest BCUT2D eigenvalue weighted by molar-refractivity contribution is 8.05. The Kier molecular flexibility index (Phi) is 7.10. The zero-order valence-corrected chi connectivity index (χ0v) is 22.3. The fourth-order valence-electron chi connectivity index (χ4n) is 4.68. The molecule has 0 spiro atoms. The van der Waals surface area contributed by atoms with Gasteiger partial charge in [-0.25, -0.2) is 14.4 Å². The largest absolute Gasteiger partial charge is 0.373 e. The maximum atomic E-state index is 13.9. The number of hydrogen-bond acceptors (Lipinski definition) is 8. The van der Waals surface area contributed by atoms with Crippen LogP contribution in [0.5, 0.6) is 0 Å². The zero-order valence-electron chi connectivity index (χ0n) is 20.7. The number of benzene rings is 2. The van der Waals surface area contributed by atoms with Crippen molar-refractivity contribution >= 4 is 34.9 Å². The number of alkyl halides is 1. The third kappa shape index (κ3) is 5.16. The molecule has 2 aromatic heterocycles. The summed E-state index contributed by atoms with van der Waals surface area (Å²) in [4.78, 5) is 30.0. The summed E-state index contributed by atoms with van der Waals surface area (Å²) in [5.41, 5.74) is 3.58. The number of pyridine rings is 1. The van der Waals surface area contributed by atoms with Gasteiger partial charge in [-0.3, -0.25) is 4.79 Å². The number of rotatable bonds is 6. The van der Waals surface area contributed by atoms with E-state index in [1.165, 1.54) is 4.90 Å². The van der Waals surface area contributed by atoms with Gasteiger partial charge < -0.3 is 19.9 Å². The van der Waals surface area contributed by atoms with Crippen molar-refractivity contribution in [2.75, 3.05) is 36.6 Å². The molecule has 0 aliphatic carbocycles. The van der Waals surface area contributed by atoms with Crippen molar-refractivity contribution in [1.82, 2.24) is 15.0 Å². The predicted molar refractivity (Wildman–Crippen MR) is 148 cm³/mol.